The molecule has 0 aliphatic heterocycles. The predicted octanol–water partition coefficient (Wildman–Crippen LogP) is 3.29. The van der Waals surface area contributed by atoms with Crippen molar-refractivity contribution in [1.82, 2.24) is 24.9 Å². The molecule has 0 amide bonds. The van der Waals surface area contributed by atoms with Gasteiger partial charge in [0, 0.05) is 10.9 Å². The van der Waals surface area contributed by atoms with Crippen LogP contribution in [0.3, 0.4) is 0 Å². The first-order valence-electron chi connectivity index (χ1n) is 5.86. The maximum Gasteiger partial charge on any atom is 0.225 e. The minimum atomic E-state index is -0.286. The van der Waals surface area contributed by atoms with Gasteiger partial charge in [0.25, 0.3) is 0 Å². The lowest BCUT2D eigenvalue weighted by molar-refractivity contribution is 0.640. The Morgan fingerprint density at radius 1 is 1.20 bits per heavy atom. The van der Waals surface area contributed by atoms with Crippen LogP contribution in [0.15, 0.2) is 30.6 Å². The van der Waals surface area contributed by atoms with Crippen LogP contribution in [-0.4, -0.2) is 24.9 Å². The molecule has 0 unspecified atom stereocenters. The number of aromatic nitrogens is 5. The normalized spacial score (nSPS) is 11.5. The maximum absolute atomic E-state index is 13.7. The quantitative estimate of drug-likeness (QED) is 0.528. The van der Waals surface area contributed by atoms with Gasteiger partial charge in [0.2, 0.25) is 5.28 Å². The summed E-state index contributed by atoms with van der Waals surface area (Å²) in [6, 6.07) is 6.56. The predicted molar refractivity (Wildman–Crippen MR) is 73.9 cm³/mol. The Morgan fingerprint density at radius 3 is 2.95 bits per heavy atom. The van der Waals surface area contributed by atoms with Crippen LogP contribution in [0.25, 0.3) is 33.5 Å². The Hall–Kier alpha value is -2.47. The first kappa shape index (κ1) is 11.4. The van der Waals surface area contributed by atoms with Crippen molar-refractivity contribution >= 4 is 33.7 Å². The van der Waals surface area contributed by atoms with Gasteiger partial charge in [-0.25, -0.2) is 14.4 Å². The first-order valence-corrected chi connectivity index (χ1v) is 6.24. The number of nitrogens with zero attached hydrogens (tertiary/aromatic N) is 3. The average Bonchev–Trinajstić information content (AvgIpc) is 3.04. The molecule has 0 aliphatic rings. The van der Waals surface area contributed by atoms with E-state index in [2.05, 4.69) is 24.9 Å². The number of H-pyrrole nitrogens is 2. The Kier molecular flexibility index (Phi) is 2.28. The molecule has 0 radical (unpaired) electrons. The third-order valence-corrected chi connectivity index (χ3v) is 3.29. The molecule has 0 saturated carbocycles. The van der Waals surface area contributed by atoms with Crippen molar-refractivity contribution in [2.45, 2.75) is 0 Å². The molecule has 4 rings (SSSR count). The summed E-state index contributed by atoms with van der Waals surface area (Å²) in [6.07, 6.45) is 1.52. The van der Waals surface area contributed by atoms with Gasteiger partial charge in [0.15, 0.2) is 5.65 Å². The molecule has 2 N–H and O–H groups in total. The zero-order valence-corrected chi connectivity index (χ0v) is 10.7. The minimum absolute atomic E-state index is 0.0960. The number of imidazole rings is 1. The van der Waals surface area contributed by atoms with Crippen LogP contribution in [0.5, 0.6) is 0 Å². The van der Waals surface area contributed by atoms with Crippen LogP contribution in [0.4, 0.5) is 4.39 Å². The molecule has 0 fully saturated rings. The van der Waals surface area contributed by atoms with Crippen LogP contribution in [0.2, 0.25) is 5.28 Å². The smallest absolute Gasteiger partial charge is 0.225 e. The highest BCUT2D eigenvalue weighted by Crippen LogP contribution is 2.28. The monoisotopic (exact) mass is 287 g/mol. The van der Waals surface area contributed by atoms with Crippen molar-refractivity contribution in [3.63, 3.8) is 0 Å². The second-order valence-corrected chi connectivity index (χ2v) is 4.66. The number of hydrogen-bond donors (Lipinski definition) is 2. The summed E-state index contributed by atoms with van der Waals surface area (Å²) in [7, 11) is 0. The van der Waals surface area contributed by atoms with E-state index in [1.807, 2.05) is 0 Å². The molecule has 0 atom stereocenters. The molecule has 3 heterocycles. The zero-order chi connectivity index (χ0) is 13.7. The number of aromatic amines is 2. The fourth-order valence-corrected chi connectivity index (χ4v) is 2.41. The molecular weight excluding hydrogens is 281 g/mol. The number of fused-ring (bicyclic) bond motifs is 2. The van der Waals surface area contributed by atoms with Gasteiger partial charge in [0.1, 0.15) is 17.0 Å². The number of benzene rings is 1. The molecule has 7 heteroatoms. The Bertz CT molecular complexity index is 942. The van der Waals surface area contributed by atoms with Gasteiger partial charge in [-0.2, -0.15) is 4.98 Å². The summed E-state index contributed by atoms with van der Waals surface area (Å²) in [6.45, 7) is 0. The number of rotatable bonds is 1. The second kappa shape index (κ2) is 4.01. The standard InChI is InChI=1S/C13H7ClFN5/c14-13-19-10(11-12(20-13)17-5-16-11)9-4-6-7(15)2-1-3-8(6)18-9/h1-5,18H,(H,16,17,19,20). The summed E-state index contributed by atoms with van der Waals surface area (Å²) in [5.41, 5.74) is 3.04. The molecule has 20 heavy (non-hydrogen) atoms. The molecule has 5 nitrogen and oxygen atoms in total. The molecule has 0 spiro atoms. The molecule has 1 aromatic carbocycles. The van der Waals surface area contributed by atoms with Crippen LogP contribution >= 0.6 is 11.6 Å². The van der Waals surface area contributed by atoms with Crippen molar-refractivity contribution in [2.75, 3.05) is 0 Å². The van der Waals surface area contributed by atoms with Gasteiger partial charge in [-0.3, -0.25) is 0 Å². The second-order valence-electron chi connectivity index (χ2n) is 4.33. The fourth-order valence-electron chi connectivity index (χ4n) is 2.25. The van der Waals surface area contributed by atoms with E-state index in [1.165, 1.54) is 12.4 Å². The van der Waals surface area contributed by atoms with Gasteiger partial charge in [-0.1, -0.05) is 6.07 Å². The van der Waals surface area contributed by atoms with Crippen molar-refractivity contribution in [3.05, 3.63) is 41.7 Å². The molecule has 0 saturated heterocycles. The maximum atomic E-state index is 13.7. The largest absolute Gasteiger partial charge is 0.353 e. The Labute approximate surface area is 116 Å². The molecule has 4 aromatic rings. The van der Waals surface area contributed by atoms with Crippen molar-refractivity contribution < 1.29 is 4.39 Å². The third-order valence-electron chi connectivity index (χ3n) is 3.12. The Balaban J connectivity index is 2.05. The minimum Gasteiger partial charge on any atom is -0.353 e. The van der Waals surface area contributed by atoms with Crippen LogP contribution in [0, 0.1) is 5.82 Å². The summed E-state index contributed by atoms with van der Waals surface area (Å²) in [4.78, 5) is 18.4. The van der Waals surface area contributed by atoms with E-state index in [4.69, 9.17) is 11.6 Å². The van der Waals surface area contributed by atoms with Gasteiger partial charge in [-0.05, 0) is 29.8 Å². The average molecular weight is 288 g/mol. The lowest BCUT2D eigenvalue weighted by atomic mass is 10.2. The van der Waals surface area contributed by atoms with Crippen molar-refractivity contribution in [1.29, 1.82) is 0 Å². The Morgan fingerprint density at radius 2 is 2.10 bits per heavy atom. The molecule has 0 bridgehead atoms. The molecule has 0 aliphatic carbocycles. The highest BCUT2D eigenvalue weighted by molar-refractivity contribution is 6.28. The van der Waals surface area contributed by atoms with Crippen LogP contribution < -0.4 is 0 Å². The summed E-state index contributed by atoms with van der Waals surface area (Å²) >= 11 is 5.90. The van der Waals surface area contributed by atoms with Gasteiger partial charge in [0.05, 0.1) is 12.0 Å². The first-order chi connectivity index (χ1) is 9.72. The molecular formula is C13H7ClFN5. The number of hydrogen-bond acceptors (Lipinski definition) is 3. The van der Waals surface area contributed by atoms with Crippen LogP contribution in [0.1, 0.15) is 0 Å². The van der Waals surface area contributed by atoms with Crippen LogP contribution in [-0.2, 0) is 0 Å². The van der Waals surface area contributed by atoms with E-state index in [0.29, 0.717) is 33.5 Å². The summed E-state index contributed by atoms with van der Waals surface area (Å²) in [5.74, 6) is -0.286. The lowest BCUT2D eigenvalue weighted by Crippen LogP contribution is -1.90. The zero-order valence-electron chi connectivity index (χ0n) is 9.98. The summed E-state index contributed by atoms with van der Waals surface area (Å²) < 4.78 is 13.7. The summed E-state index contributed by atoms with van der Waals surface area (Å²) in [5, 5.41) is 0.601. The fraction of sp³-hybridized carbons (Fsp3) is 0. The van der Waals surface area contributed by atoms with Gasteiger partial charge < -0.3 is 9.97 Å². The highest BCUT2D eigenvalue weighted by Gasteiger charge is 2.14. The van der Waals surface area contributed by atoms with Gasteiger partial charge >= 0.3 is 0 Å². The van der Waals surface area contributed by atoms with E-state index in [0.717, 1.165) is 0 Å². The third kappa shape index (κ3) is 1.58. The van der Waals surface area contributed by atoms with Crippen molar-refractivity contribution in [3.8, 4) is 11.4 Å². The van der Waals surface area contributed by atoms with Crippen molar-refractivity contribution in [2.24, 2.45) is 0 Å². The van der Waals surface area contributed by atoms with E-state index in [1.54, 1.807) is 18.2 Å². The molecule has 98 valence electrons. The van der Waals surface area contributed by atoms with E-state index in [-0.39, 0.29) is 11.1 Å². The highest BCUT2D eigenvalue weighted by atomic mass is 35.5. The van der Waals surface area contributed by atoms with Gasteiger partial charge in [-0.15, -0.1) is 0 Å². The van der Waals surface area contributed by atoms with E-state index >= 15 is 0 Å². The van der Waals surface area contributed by atoms with E-state index in [9.17, 15) is 4.39 Å². The molecule has 3 aromatic heterocycles. The SMILES string of the molecule is Fc1cccc2[nH]c(-c3nc(Cl)nc4nc[nH]c34)cc12. The lowest BCUT2D eigenvalue weighted by Gasteiger charge is -1.99. The topological polar surface area (TPSA) is 70.2 Å². The number of halogens is 2. The van der Waals surface area contributed by atoms with E-state index < -0.39 is 0 Å². The number of nitrogens with one attached hydrogen (secondary N) is 2.